The minimum absolute atomic E-state index is 0.106. The Balaban J connectivity index is 0.636. The highest BCUT2D eigenvalue weighted by Crippen LogP contribution is 2.43. The molecule has 3 aromatic carbocycles. The molecule has 10 rings (SSSR count). The number of likely N-dealkylation sites (tertiary alicyclic amines) is 2. The lowest BCUT2D eigenvalue weighted by molar-refractivity contribution is -0.136. The van der Waals surface area contributed by atoms with Crippen molar-refractivity contribution in [2.45, 2.75) is 89.3 Å². The fourth-order valence-corrected chi connectivity index (χ4v) is 11.7. The Morgan fingerprint density at radius 1 is 0.821 bits per heavy atom. The summed E-state index contributed by atoms with van der Waals surface area (Å²) in [5.74, 6) is 0.370. The number of halogens is 1. The predicted octanol–water partition coefficient (Wildman–Crippen LogP) is 6.59. The number of ether oxygens (including phenoxy) is 1. The van der Waals surface area contributed by atoms with E-state index in [1.165, 1.54) is 19.4 Å². The van der Waals surface area contributed by atoms with Crippen molar-refractivity contribution in [3.05, 3.63) is 111 Å². The Bertz CT molecular complexity index is 2600. The molecular formula is C52H58ClN9O5. The number of nitrogens with one attached hydrogen (secondary N) is 1. The van der Waals surface area contributed by atoms with Crippen LogP contribution in [-0.4, -0.2) is 119 Å². The SMILES string of the molecule is CC(C)(c1ccc(OCc2ccnc(N3CCC(N4CCC(CN5CC6(CCN(c7ccc8c(c7)C(=O)N(C7CCC(=O)NC7=O)C8=O)CC6)C5)CC4)CC3)n2)cc1)c1cc(Cl)cc(C#N)c1. The molecule has 7 heterocycles. The first-order valence-corrected chi connectivity index (χ1v) is 24.3. The Labute approximate surface area is 397 Å². The molecule has 0 radical (unpaired) electrons. The lowest BCUT2D eigenvalue weighted by Gasteiger charge is -2.55. The summed E-state index contributed by atoms with van der Waals surface area (Å²) in [6, 6.07) is 22.8. The van der Waals surface area contributed by atoms with Crippen molar-refractivity contribution in [2.75, 3.05) is 68.7 Å². The molecule has 0 aliphatic carbocycles. The summed E-state index contributed by atoms with van der Waals surface area (Å²) >= 11 is 6.32. The number of fused-ring (bicyclic) bond motifs is 1. The van der Waals surface area contributed by atoms with Gasteiger partial charge in [0.05, 0.1) is 28.5 Å². The number of benzene rings is 3. The average Bonchev–Trinajstić information content (AvgIpc) is 3.58. The maximum Gasteiger partial charge on any atom is 0.262 e. The van der Waals surface area contributed by atoms with Crippen LogP contribution in [0.4, 0.5) is 11.6 Å². The summed E-state index contributed by atoms with van der Waals surface area (Å²) in [5.41, 5.74) is 5.08. The van der Waals surface area contributed by atoms with Gasteiger partial charge in [-0.2, -0.15) is 5.26 Å². The second kappa shape index (κ2) is 18.3. The van der Waals surface area contributed by atoms with Crippen LogP contribution in [0, 0.1) is 22.7 Å². The molecule has 4 amide bonds. The normalized spacial score (nSPS) is 21.9. The fourth-order valence-electron chi connectivity index (χ4n) is 11.5. The van der Waals surface area contributed by atoms with E-state index in [1.54, 1.807) is 12.1 Å². The topological polar surface area (TPSA) is 155 Å². The molecule has 6 aliphatic heterocycles. The lowest BCUT2D eigenvalue weighted by atomic mass is 9.71. The maximum absolute atomic E-state index is 13.4. The number of carbonyl (C=O) groups is 4. The number of aromatic nitrogens is 2. The van der Waals surface area contributed by atoms with Gasteiger partial charge in [0.1, 0.15) is 18.4 Å². The van der Waals surface area contributed by atoms with Crippen LogP contribution >= 0.6 is 11.6 Å². The molecular weight excluding hydrogens is 866 g/mol. The number of amides is 4. The molecule has 0 saturated carbocycles. The van der Waals surface area contributed by atoms with Crippen molar-refractivity contribution in [3.63, 3.8) is 0 Å². The molecule has 67 heavy (non-hydrogen) atoms. The maximum atomic E-state index is 13.4. The van der Waals surface area contributed by atoms with Crippen LogP contribution in [0.1, 0.15) is 108 Å². The Hall–Kier alpha value is -5.88. The van der Waals surface area contributed by atoms with Gasteiger partial charge in [0.15, 0.2) is 0 Å². The van der Waals surface area contributed by atoms with Gasteiger partial charge < -0.3 is 24.3 Å². The van der Waals surface area contributed by atoms with E-state index in [4.69, 9.17) is 21.3 Å². The number of imide groups is 2. The van der Waals surface area contributed by atoms with E-state index in [2.05, 4.69) is 61.9 Å². The van der Waals surface area contributed by atoms with E-state index < -0.39 is 23.8 Å². The van der Waals surface area contributed by atoms with Crippen LogP contribution in [-0.2, 0) is 21.6 Å². The number of anilines is 2. The molecule has 1 unspecified atom stereocenters. The molecule has 1 aromatic heterocycles. The third-order valence-corrected chi connectivity index (χ3v) is 15.8. The Kier molecular flexibility index (Phi) is 12.3. The third-order valence-electron chi connectivity index (χ3n) is 15.6. The van der Waals surface area contributed by atoms with Crippen molar-refractivity contribution in [1.82, 2.24) is 30.0 Å². The van der Waals surface area contributed by atoms with Crippen LogP contribution in [0.5, 0.6) is 5.75 Å². The summed E-state index contributed by atoms with van der Waals surface area (Å²) in [4.78, 5) is 71.4. The van der Waals surface area contributed by atoms with Gasteiger partial charge in [0, 0.05) is 80.6 Å². The number of rotatable bonds is 11. The van der Waals surface area contributed by atoms with Crippen LogP contribution < -0.4 is 19.9 Å². The Morgan fingerprint density at radius 3 is 2.27 bits per heavy atom. The number of piperidine rings is 4. The monoisotopic (exact) mass is 923 g/mol. The molecule has 1 N–H and O–H groups in total. The zero-order valence-electron chi connectivity index (χ0n) is 38.4. The molecule has 0 bridgehead atoms. The number of nitrogens with zero attached hydrogens (tertiary/aromatic N) is 8. The van der Waals surface area contributed by atoms with E-state index in [-0.39, 0.29) is 24.2 Å². The van der Waals surface area contributed by atoms with Gasteiger partial charge in [0.2, 0.25) is 17.8 Å². The second-order valence-corrected chi connectivity index (χ2v) is 20.6. The first kappa shape index (κ1) is 44.9. The molecule has 348 valence electrons. The lowest BCUT2D eigenvalue weighted by Crippen LogP contribution is -2.61. The molecule has 5 fully saturated rings. The highest BCUT2D eigenvalue weighted by molar-refractivity contribution is 6.30. The minimum atomic E-state index is -0.956. The number of hydrogen-bond acceptors (Lipinski definition) is 12. The average molecular weight is 925 g/mol. The zero-order valence-corrected chi connectivity index (χ0v) is 39.1. The van der Waals surface area contributed by atoms with Crippen LogP contribution in [0.2, 0.25) is 5.02 Å². The van der Waals surface area contributed by atoms with Crippen molar-refractivity contribution < 1.29 is 23.9 Å². The van der Waals surface area contributed by atoms with Gasteiger partial charge >= 0.3 is 0 Å². The van der Waals surface area contributed by atoms with Crippen LogP contribution in [0.3, 0.4) is 0 Å². The van der Waals surface area contributed by atoms with Gasteiger partial charge in [-0.05, 0) is 135 Å². The van der Waals surface area contributed by atoms with E-state index in [0.717, 1.165) is 123 Å². The quantitative estimate of drug-likeness (QED) is 0.162. The summed E-state index contributed by atoms with van der Waals surface area (Å²) < 4.78 is 6.17. The molecule has 4 aromatic rings. The van der Waals surface area contributed by atoms with Gasteiger partial charge in [-0.15, -0.1) is 0 Å². The number of carbonyl (C=O) groups excluding carboxylic acids is 4. The summed E-state index contributed by atoms with van der Waals surface area (Å²) in [5, 5.41) is 12.3. The van der Waals surface area contributed by atoms with E-state index >= 15 is 0 Å². The van der Waals surface area contributed by atoms with Crippen LogP contribution in [0.25, 0.3) is 0 Å². The molecule has 6 aliphatic rings. The molecule has 1 spiro atoms. The van der Waals surface area contributed by atoms with Gasteiger partial charge in [-0.3, -0.25) is 29.4 Å². The predicted molar refractivity (Wildman–Crippen MR) is 254 cm³/mol. The highest BCUT2D eigenvalue weighted by atomic mass is 35.5. The van der Waals surface area contributed by atoms with Gasteiger partial charge in [-0.1, -0.05) is 37.6 Å². The van der Waals surface area contributed by atoms with Crippen molar-refractivity contribution >= 4 is 46.9 Å². The smallest absolute Gasteiger partial charge is 0.262 e. The van der Waals surface area contributed by atoms with Gasteiger partial charge in [-0.25, -0.2) is 9.97 Å². The zero-order chi connectivity index (χ0) is 46.5. The van der Waals surface area contributed by atoms with Crippen molar-refractivity contribution in [2.24, 2.45) is 11.3 Å². The molecule has 15 heteroatoms. The third kappa shape index (κ3) is 9.13. The van der Waals surface area contributed by atoms with E-state index in [1.807, 2.05) is 48.7 Å². The van der Waals surface area contributed by atoms with Crippen molar-refractivity contribution in [3.8, 4) is 11.8 Å². The second-order valence-electron chi connectivity index (χ2n) is 20.2. The fraction of sp³-hybridized carbons (Fsp3) is 0.481. The van der Waals surface area contributed by atoms with E-state index in [0.29, 0.717) is 39.8 Å². The summed E-state index contributed by atoms with van der Waals surface area (Å²) in [6.45, 7) is 14.1. The Morgan fingerprint density at radius 2 is 1.55 bits per heavy atom. The summed E-state index contributed by atoms with van der Waals surface area (Å²) in [6.07, 6.45) is 9.00. The first-order chi connectivity index (χ1) is 32.3. The summed E-state index contributed by atoms with van der Waals surface area (Å²) in [7, 11) is 0. The van der Waals surface area contributed by atoms with Crippen molar-refractivity contribution in [1.29, 1.82) is 5.26 Å². The number of hydrogen-bond donors (Lipinski definition) is 1. The molecule has 14 nitrogen and oxygen atoms in total. The highest BCUT2D eigenvalue weighted by Gasteiger charge is 2.47. The number of nitriles is 1. The van der Waals surface area contributed by atoms with E-state index in [9.17, 15) is 24.4 Å². The molecule has 1 atom stereocenters. The first-order valence-electron chi connectivity index (χ1n) is 23.9. The largest absolute Gasteiger partial charge is 0.487 e. The molecule has 5 saturated heterocycles. The minimum Gasteiger partial charge on any atom is -0.487 e. The van der Waals surface area contributed by atoms with Gasteiger partial charge in [0.25, 0.3) is 11.8 Å². The van der Waals surface area contributed by atoms with Crippen LogP contribution in [0.15, 0.2) is 72.9 Å². The standard InChI is InChI=1S/C52H58ClN9O5/c1-51(2,37-25-35(29-54)26-38(53)27-37)36-3-6-42(7-4-36)67-31-39-11-18-55-50(56-39)61-21-14-40(15-22-61)59-19-12-34(13-20-59)30-58-32-52(33-58)16-23-60(24-17-52)41-5-8-43-44(28-41)49(66)62(48(43)65)45-9-10-46(63)57-47(45)64/h3-8,11,18,25-28,34,40,45H,9-10,12-17,19-24,30-33H2,1-2H3,(H,57,63,64).